The van der Waals surface area contributed by atoms with Gasteiger partial charge in [0.1, 0.15) is 0 Å². The van der Waals surface area contributed by atoms with E-state index in [1.54, 1.807) is 0 Å². The van der Waals surface area contributed by atoms with Crippen molar-refractivity contribution in [2.45, 2.75) is 39.0 Å². The second kappa shape index (κ2) is 4.11. The first-order valence-electron chi connectivity index (χ1n) is 3.85. The van der Waals surface area contributed by atoms with Crippen LogP contribution in [0.1, 0.15) is 13.3 Å². The summed E-state index contributed by atoms with van der Waals surface area (Å²) in [6.07, 6.45) is 1.00. The van der Waals surface area contributed by atoms with Gasteiger partial charge in [-0.15, -0.1) is 0 Å². The standard InChI is InChI=1S/C7H19NOSi/c1-5-7(8)6-9-10(2,3)4/h7H,5-6,8H2,1-4H3. The molecule has 0 amide bonds. The first-order chi connectivity index (χ1) is 4.45. The number of rotatable bonds is 4. The molecule has 0 rings (SSSR count). The van der Waals surface area contributed by atoms with E-state index in [-0.39, 0.29) is 6.04 Å². The Morgan fingerprint density at radius 3 is 2.20 bits per heavy atom. The Balaban J connectivity index is 3.36. The molecule has 0 aromatic carbocycles. The lowest BCUT2D eigenvalue weighted by molar-refractivity contribution is 0.279. The summed E-state index contributed by atoms with van der Waals surface area (Å²) >= 11 is 0. The highest BCUT2D eigenvalue weighted by Crippen LogP contribution is 2.03. The van der Waals surface area contributed by atoms with Crippen molar-refractivity contribution in [2.75, 3.05) is 6.61 Å². The molecule has 0 saturated carbocycles. The van der Waals surface area contributed by atoms with Gasteiger partial charge in [-0.25, -0.2) is 0 Å². The summed E-state index contributed by atoms with van der Waals surface area (Å²) in [6, 6.07) is 0.228. The van der Waals surface area contributed by atoms with Crippen LogP contribution >= 0.6 is 0 Å². The van der Waals surface area contributed by atoms with Gasteiger partial charge in [0.05, 0.1) is 0 Å². The largest absolute Gasteiger partial charge is 0.416 e. The number of hydrogen-bond donors (Lipinski definition) is 1. The van der Waals surface area contributed by atoms with E-state index >= 15 is 0 Å². The fraction of sp³-hybridized carbons (Fsp3) is 1.00. The van der Waals surface area contributed by atoms with E-state index < -0.39 is 8.32 Å². The molecule has 0 aromatic rings. The molecule has 0 aromatic heterocycles. The molecule has 0 bridgehead atoms. The molecule has 10 heavy (non-hydrogen) atoms. The highest BCUT2D eigenvalue weighted by molar-refractivity contribution is 6.69. The maximum Gasteiger partial charge on any atom is 0.183 e. The Morgan fingerprint density at radius 1 is 1.40 bits per heavy atom. The van der Waals surface area contributed by atoms with Crippen LogP contribution in [0, 0.1) is 0 Å². The lowest BCUT2D eigenvalue weighted by Gasteiger charge is -2.19. The van der Waals surface area contributed by atoms with Gasteiger partial charge in [-0.1, -0.05) is 6.92 Å². The van der Waals surface area contributed by atoms with Crippen molar-refractivity contribution in [1.29, 1.82) is 0 Å². The molecular weight excluding hydrogens is 142 g/mol. The molecular formula is C7H19NOSi. The minimum Gasteiger partial charge on any atom is -0.416 e. The van der Waals surface area contributed by atoms with Gasteiger partial charge < -0.3 is 10.2 Å². The fourth-order valence-electron chi connectivity index (χ4n) is 0.475. The van der Waals surface area contributed by atoms with Crippen LogP contribution < -0.4 is 5.73 Å². The van der Waals surface area contributed by atoms with E-state index in [9.17, 15) is 0 Å². The van der Waals surface area contributed by atoms with Crippen LogP contribution in [0.4, 0.5) is 0 Å². The average Bonchev–Trinajstić information content (AvgIpc) is 1.81. The molecule has 0 aliphatic carbocycles. The molecule has 1 unspecified atom stereocenters. The van der Waals surface area contributed by atoms with Gasteiger partial charge in [-0.05, 0) is 26.1 Å². The molecule has 0 aliphatic rings. The Labute approximate surface area is 64.9 Å². The lowest BCUT2D eigenvalue weighted by atomic mass is 10.3. The van der Waals surface area contributed by atoms with Crippen molar-refractivity contribution in [3.05, 3.63) is 0 Å². The van der Waals surface area contributed by atoms with E-state index in [2.05, 4.69) is 26.6 Å². The van der Waals surface area contributed by atoms with Crippen LogP contribution in [-0.4, -0.2) is 21.0 Å². The van der Waals surface area contributed by atoms with Crippen molar-refractivity contribution in [3.8, 4) is 0 Å². The zero-order valence-electron chi connectivity index (χ0n) is 7.48. The van der Waals surface area contributed by atoms with Crippen LogP contribution in [0.5, 0.6) is 0 Å². The van der Waals surface area contributed by atoms with E-state index in [0.29, 0.717) is 0 Å². The number of hydrogen-bond acceptors (Lipinski definition) is 2. The Hall–Kier alpha value is 0.137. The topological polar surface area (TPSA) is 35.2 Å². The van der Waals surface area contributed by atoms with E-state index in [1.807, 2.05) is 0 Å². The minimum atomic E-state index is -1.32. The van der Waals surface area contributed by atoms with E-state index in [1.165, 1.54) is 0 Å². The summed E-state index contributed by atoms with van der Waals surface area (Å²) in [4.78, 5) is 0. The van der Waals surface area contributed by atoms with E-state index in [4.69, 9.17) is 10.2 Å². The smallest absolute Gasteiger partial charge is 0.183 e. The first-order valence-corrected chi connectivity index (χ1v) is 7.26. The summed E-state index contributed by atoms with van der Waals surface area (Å²) in [7, 11) is -1.32. The van der Waals surface area contributed by atoms with Crippen molar-refractivity contribution in [2.24, 2.45) is 5.73 Å². The molecule has 0 spiro atoms. The van der Waals surface area contributed by atoms with E-state index in [0.717, 1.165) is 13.0 Å². The highest BCUT2D eigenvalue weighted by atomic mass is 28.4. The van der Waals surface area contributed by atoms with Gasteiger partial charge >= 0.3 is 0 Å². The normalized spacial score (nSPS) is 15.3. The predicted molar refractivity (Wildman–Crippen MR) is 47.6 cm³/mol. The zero-order chi connectivity index (χ0) is 8.20. The predicted octanol–water partition coefficient (Wildman–Crippen LogP) is 1.58. The van der Waals surface area contributed by atoms with Gasteiger partial charge in [0.25, 0.3) is 0 Å². The van der Waals surface area contributed by atoms with Gasteiger partial charge in [0, 0.05) is 12.6 Å². The van der Waals surface area contributed by atoms with Crippen molar-refractivity contribution < 1.29 is 4.43 Å². The molecule has 62 valence electrons. The van der Waals surface area contributed by atoms with Crippen LogP contribution in [0.3, 0.4) is 0 Å². The molecule has 3 heteroatoms. The summed E-state index contributed by atoms with van der Waals surface area (Å²) < 4.78 is 5.60. The molecule has 2 N–H and O–H groups in total. The monoisotopic (exact) mass is 161 g/mol. The maximum absolute atomic E-state index is 5.68. The van der Waals surface area contributed by atoms with Crippen LogP contribution in [-0.2, 0) is 4.43 Å². The van der Waals surface area contributed by atoms with Gasteiger partial charge in [0.15, 0.2) is 8.32 Å². The maximum atomic E-state index is 5.68. The molecule has 0 fully saturated rings. The third kappa shape index (κ3) is 6.26. The second-order valence-electron chi connectivity index (χ2n) is 3.59. The van der Waals surface area contributed by atoms with Crippen LogP contribution in [0.2, 0.25) is 19.6 Å². The second-order valence-corrected chi connectivity index (χ2v) is 8.11. The average molecular weight is 161 g/mol. The minimum absolute atomic E-state index is 0.228. The summed E-state index contributed by atoms with van der Waals surface area (Å²) in [5, 5.41) is 0. The summed E-state index contributed by atoms with van der Waals surface area (Å²) in [6.45, 7) is 9.34. The molecule has 0 radical (unpaired) electrons. The summed E-state index contributed by atoms with van der Waals surface area (Å²) in [5.41, 5.74) is 5.68. The molecule has 1 atom stereocenters. The summed E-state index contributed by atoms with van der Waals surface area (Å²) in [5.74, 6) is 0. The Kier molecular flexibility index (Phi) is 4.16. The first kappa shape index (κ1) is 10.1. The molecule has 0 aliphatic heterocycles. The Bertz CT molecular complexity index is 90.1. The van der Waals surface area contributed by atoms with Gasteiger partial charge in [-0.2, -0.15) is 0 Å². The Morgan fingerprint density at radius 2 is 1.90 bits per heavy atom. The van der Waals surface area contributed by atoms with Crippen LogP contribution in [0.25, 0.3) is 0 Å². The van der Waals surface area contributed by atoms with Crippen molar-refractivity contribution >= 4 is 8.32 Å². The lowest BCUT2D eigenvalue weighted by Crippen LogP contribution is -2.34. The van der Waals surface area contributed by atoms with Gasteiger partial charge in [0.2, 0.25) is 0 Å². The fourth-order valence-corrected chi connectivity index (χ4v) is 1.19. The number of nitrogens with two attached hydrogens (primary N) is 1. The third-order valence-electron chi connectivity index (χ3n) is 1.25. The third-order valence-corrected chi connectivity index (χ3v) is 2.29. The highest BCUT2D eigenvalue weighted by Gasteiger charge is 2.14. The van der Waals surface area contributed by atoms with Gasteiger partial charge in [-0.3, -0.25) is 0 Å². The quantitative estimate of drug-likeness (QED) is 0.635. The SMILES string of the molecule is CCC(N)CO[Si](C)(C)C. The molecule has 0 saturated heterocycles. The molecule has 0 heterocycles. The van der Waals surface area contributed by atoms with Crippen LogP contribution in [0.15, 0.2) is 0 Å². The van der Waals surface area contributed by atoms with Crippen molar-refractivity contribution in [3.63, 3.8) is 0 Å². The molecule has 2 nitrogen and oxygen atoms in total. The zero-order valence-corrected chi connectivity index (χ0v) is 8.48. The van der Waals surface area contributed by atoms with Crippen molar-refractivity contribution in [1.82, 2.24) is 0 Å².